The minimum absolute atomic E-state index is 0.0321. The predicted molar refractivity (Wildman–Crippen MR) is 88.6 cm³/mol. The van der Waals surface area contributed by atoms with Gasteiger partial charge in [-0.15, -0.1) is 0 Å². The monoisotopic (exact) mass is 310 g/mol. The van der Waals surface area contributed by atoms with E-state index in [0.717, 1.165) is 10.9 Å². The van der Waals surface area contributed by atoms with Crippen LogP contribution in [0.5, 0.6) is 0 Å². The van der Waals surface area contributed by atoms with Crippen LogP contribution in [0.3, 0.4) is 0 Å². The van der Waals surface area contributed by atoms with Crippen molar-refractivity contribution in [3.8, 4) is 0 Å². The van der Waals surface area contributed by atoms with E-state index in [-0.39, 0.29) is 5.69 Å². The molecule has 0 atom stereocenters. The molecule has 2 aromatic carbocycles. The highest BCUT2D eigenvalue weighted by molar-refractivity contribution is 6.51. The van der Waals surface area contributed by atoms with Crippen LogP contribution in [-0.4, -0.2) is 9.91 Å². The standard InChI is InChI=1S/C17H11ClN2O2/c18-15(11-12-4-3-6-14(10-12)20(21)22)17-9-8-13-5-1-2-7-16(13)19-17/h1-11H/b15-11-. The number of nitrogens with zero attached hydrogens (tertiary/aromatic N) is 2. The van der Waals surface area contributed by atoms with Crippen molar-refractivity contribution in [3.05, 3.63) is 82.0 Å². The average Bonchev–Trinajstić information content (AvgIpc) is 2.54. The largest absolute Gasteiger partial charge is 0.270 e. The Hall–Kier alpha value is -2.72. The van der Waals surface area contributed by atoms with Crippen molar-refractivity contribution >= 4 is 39.3 Å². The number of rotatable bonds is 3. The fraction of sp³-hybridized carbons (Fsp3) is 0. The number of fused-ring (bicyclic) bond motifs is 1. The van der Waals surface area contributed by atoms with E-state index in [1.165, 1.54) is 12.1 Å². The van der Waals surface area contributed by atoms with Gasteiger partial charge in [0.1, 0.15) is 0 Å². The second-order valence-electron chi connectivity index (χ2n) is 4.73. The highest BCUT2D eigenvalue weighted by Crippen LogP contribution is 2.24. The van der Waals surface area contributed by atoms with Gasteiger partial charge in [-0.1, -0.05) is 48.0 Å². The number of nitro groups is 1. The van der Waals surface area contributed by atoms with Crippen molar-refractivity contribution in [3.63, 3.8) is 0 Å². The van der Waals surface area contributed by atoms with Crippen LogP contribution >= 0.6 is 11.6 Å². The number of hydrogen-bond donors (Lipinski definition) is 0. The van der Waals surface area contributed by atoms with Crippen molar-refractivity contribution < 1.29 is 4.92 Å². The molecule has 0 aliphatic carbocycles. The van der Waals surface area contributed by atoms with Crippen molar-refractivity contribution in [1.29, 1.82) is 0 Å². The van der Waals surface area contributed by atoms with Gasteiger partial charge in [0.15, 0.2) is 0 Å². The molecule has 0 N–H and O–H groups in total. The number of nitro benzene ring substituents is 1. The Morgan fingerprint density at radius 2 is 1.91 bits per heavy atom. The Kier molecular flexibility index (Phi) is 3.85. The minimum Gasteiger partial charge on any atom is -0.258 e. The van der Waals surface area contributed by atoms with E-state index in [1.807, 2.05) is 36.4 Å². The number of aromatic nitrogens is 1. The van der Waals surface area contributed by atoms with Gasteiger partial charge in [-0.25, -0.2) is 4.98 Å². The first-order valence-corrected chi connectivity index (χ1v) is 6.99. The molecule has 0 bridgehead atoms. The third-order valence-electron chi connectivity index (χ3n) is 3.22. The zero-order valence-corrected chi connectivity index (χ0v) is 12.2. The first-order chi connectivity index (χ1) is 10.6. The van der Waals surface area contributed by atoms with Crippen molar-refractivity contribution in [1.82, 2.24) is 4.98 Å². The highest BCUT2D eigenvalue weighted by atomic mass is 35.5. The van der Waals surface area contributed by atoms with E-state index in [4.69, 9.17) is 11.6 Å². The summed E-state index contributed by atoms with van der Waals surface area (Å²) in [6.45, 7) is 0. The van der Waals surface area contributed by atoms with Gasteiger partial charge in [0, 0.05) is 17.5 Å². The zero-order valence-electron chi connectivity index (χ0n) is 11.4. The molecule has 108 valence electrons. The van der Waals surface area contributed by atoms with Gasteiger partial charge in [-0.05, 0) is 23.8 Å². The average molecular weight is 311 g/mol. The molecule has 5 heteroatoms. The molecule has 0 radical (unpaired) electrons. The van der Waals surface area contributed by atoms with E-state index in [9.17, 15) is 10.1 Å². The molecule has 0 saturated carbocycles. The quantitative estimate of drug-likeness (QED) is 0.511. The molecule has 0 fully saturated rings. The molecule has 0 aliphatic rings. The van der Waals surface area contributed by atoms with Crippen LogP contribution in [0.15, 0.2) is 60.7 Å². The second kappa shape index (κ2) is 5.95. The van der Waals surface area contributed by atoms with E-state index in [0.29, 0.717) is 16.3 Å². The fourth-order valence-electron chi connectivity index (χ4n) is 2.15. The first kappa shape index (κ1) is 14.2. The van der Waals surface area contributed by atoms with Crippen molar-refractivity contribution in [2.75, 3.05) is 0 Å². The molecule has 1 aromatic heterocycles. The van der Waals surface area contributed by atoms with E-state index in [1.54, 1.807) is 18.2 Å². The lowest BCUT2D eigenvalue weighted by molar-refractivity contribution is -0.384. The molecule has 0 saturated heterocycles. The predicted octanol–water partition coefficient (Wildman–Crippen LogP) is 4.88. The Labute approximate surface area is 131 Å². The van der Waals surface area contributed by atoms with Crippen LogP contribution in [0, 0.1) is 10.1 Å². The summed E-state index contributed by atoms with van der Waals surface area (Å²) in [6.07, 6.45) is 1.67. The Morgan fingerprint density at radius 1 is 1.09 bits per heavy atom. The molecule has 0 spiro atoms. The third-order valence-corrected chi connectivity index (χ3v) is 3.52. The molecule has 3 aromatic rings. The van der Waals surface area contributed by atoms with Crippen LogP contribution in [0.4, 0.5) is 5.69 Å². The molecular weight excluding hydrogens is 300 g/mol. The maximum absolute atomic E-state index is 10.8. The molecule has 3 rings (SSSR count). The molecule has 1 heterocycles. The Morgan fingerprint density at radius 3 is 2.73 bits per heavy atom. The number of para-hydroxylation sites is 1. The lowest BCUT2D eigenvalue weighted by atomic mass is 10.1. The molecule has 0 unspecified atom stereocenters. The third kappa shape index (κ3) is 2.97. The number of pyridine rings is 1. The number of hydrogen-bond acceptors (Lipinski definition) is 3. The van der Waals surface area contributed by atoms with Gasteiger partial charge in [-0.3, -0.25) is 10.1 Å². The summed E-state index contributed by atoms with van der Waals surface area (Å²) < 4.78 is 0. The molecular formula is C17H11ClN2O2. The van der Waals surface area contributed by atoms with Crippen LogP contribution in [0.25, 0.3) is 22.0 Å². The highest BCUT2D eigenvalue weighted by Gasteiger charge is 2.06. The summed E-state index contributed by atoms with van der Waals surface area (Å²) in [5.74, 6) is 0. The van der Waals surface area contributed by atoms with Crippen LogP contribution in [-0.2, 0) is 0 Å². The molecule has 0 amide bonds. The summed E-state index contributed by atoms with van der Waals surface area (Å²) in [4.78, 5) is 14.9. The van der Waals surface area contributed by atoms with Gasteiger partial charge in [0.05, 0.1) is 21.2 Å². The lowest BCUT2D eigenvalue weighted by Crippen LogP contribution is -1.88. The molecule has 0 aliphatic heterocycles. The van der Waals surface area contributed by atoms with E-state index in [2.05, 4.69) is 4.98 Å². The normalized spacial score (nSPS) is 11.6. The minimum atomic E-state index is -0.431. The maximum atomic E-state index is 10.8. The fourth-order valence-corrected chi connectivity index (χ4v) is 2.38. The summed E-state index contributed by atoms with van der Waals surface area (Å²) in [5, 5.41) is 12.3. The van der Waals surface area contributed by atoms with Crippen molar-refractivity contribution in [2.24, 2.45) is 0 Å². The van der Waals surface area contributed by atoms with E-state index >= 15 is 0 Å². The second-order valence-corrected chi connectivity index (χ2v) is 5.14. The van der Waals surface area contributed by atoms with Crippen LogP contribution in [0.1, 0.15) is 11.3 Å². The Bertz CT molecular complexity index is 890. The number of halogens is 1. The maximum Gasteiger partial charge on any atom is 0.270 e. The molecule has 22 heavy (non-hydrogen) atoms. The van der Waals surface area contributed by atoms with E-state index < -0.39 is 4.92 Å². The summed E-state index contributed by atoms with van der Waals surface area (Å²) in [7, 11) is 0. The summed E-state index contributed by atoms with van der Waals surface area (Å²) in [5.41, 5.74) is 2.18. The first-order valence-electron chi connectivity index (χ1n) is 6.61. The number of benzene rings is 2. The summed E-state index contributed by atoms with van der Waals surface area (Å²) in [6, 6.07) is 17.8. The number of non-ortho nitro benzene ring substituents is 1. The topological polar surface area (TPSA) is 56.0 Å². The van der Waals surface area contributed by atoms with Gasteiger partial charge < -0.3 is 0 Å². The summed E-state index contributed by atoms with van der Waals surface area (Å²) >= 11 is 6.30. The smallest absolute Gasteiger partial charge is 0.258 e. The zero-order chi connectivity index (χ0) is 15.5. The van der Waals surface area contributed by atoms with Gasteiger partial charge >= 0.3 is 0 Å². The van der Waals surface area contributed by atoms with Crippen molar-refractivity contribution in [2.45, 2.75) is 0 Å². The van der Waals surface area contributed by atoms with Gasteiger partial charge in [0.2, 0.25) is 0 Å². The van der Waals surface area contributed by atoms with Gasteiger partial charge in [0.25, 0.3) is 5.69 Å². The van der Waals surface area contributed by atoms with Crippen LogP contribution in [0.2, 0.25) is 0 Å². The Balaban J connectivity index is 1.99. The lowest BCUT2D eigenvalue weighted by Gasteiger charge is -2.02. The SMILES string of the molecule is O=[N+]([O-])c1cccc(/C=C(\Cl)c2ccc3ccccc3n2)c1. The van der Waals surface area contributed by atoms with Gasteiger partial charge in [-0.2, -0.15) is 0 Å². The van der Waals surface area contributed by atoms with Crippen LogP contribution < -0.4 is 0 Å². The molecule has 4 nitrogen and oxygen atoms in total.